The number of oxime groups is 1. The third kappa shape index (κ3) is 3.18. The average Bonchev–Trinajstić information content (AvgIpc) is 3.22. The molecule has 6 nitrogen and oxygen atoms in total. The van der Waals surface area contributed by atoms with Crippen molar-refractivity contribution in [1.82, 2.24) is 9.88 Å². The number of rotatable bonds is 4. The highest BCUT2D eigenvalue weighted by Crippen LogP contribution is 2.29. The van der Waals surface area contributed by atoms with Crippen molar-refractivity contribution in [2.24, 2.45) is 5.16 Å². The number of nitrogens with zero attached hydrogens (tertiary/aromatic N) is 3. The Morgan fingerprint density at radius 2 is 2.29 bits per heavy atom. The molecule has 1 atom stereocenters. The van der Waals surface area contributed by atoms with Crippen molar-refractivity contribution in [2.75, 3.05) is 20.3 Å². The summed E-state index contributed by atoms with van der Waals surface area (Å²) in [5.41, 5.74) is 2.91. The predicted molar refractivity (Wildman–Crippen MR) is 93.3 cm³/mol. The Morgan fingerprint density at radius 3 is 3.00 bits per heavy atom. The molecular formula is C17H19N3O3S. The van der Waals surface area contributed by atoms with E-state index in [9.17, 15) is 9.90 Å². The van der Waals surface area contributed by atoms with Crippen LogP contribution in [0.3, 0.4) is 0 Å². The molecule has 1 aliphatic rings. The summed E-state index contributed by atoms with van der Waals surface area (Å²) in [6, 6.07) is 7.69. The van der Waals surface area contributed by atoms with Crippen LogP contribution in [0.4, 0.5) is 0 Å². The molecule has 0 bridgehead atoms. The molecule has 1 saturated heterocycles. The second-order valence-electron chi connectivity index (χ2n) is 5.66. The van der Waals surface area contributed by atoms with Crippen LogP contribution in [0.1, 0.15) is 21.7 Å². The minimum absolute atomic E-state index is 0.0993. The van der Waals surface area contributed by atoms with Gasteiger partial charge in [0.25, 0.3) is 5.91 Å². The topological polar surface area (TPSA) is 75.0 Å². The molecule has 3 rings (SSSR count). The van der Waals surface area contributed by atoms with Crippen molar-refractivity contribution >= 4 is 23.0 Å². The Hall–Kier alpha value is -2.25. The zero-order chi connectivity index (χ0) is 17.1. The van der Waals surface area contributed by atoms with Gasteiger partial charge in [0.05, 0.1) is 31.1 Å². The number of amides is 1. The molecule has 1 aliphatic heterocycles. The van der Waals surface area contributed by atoms with Gasteiger partial charge < -0.3 is 14.8 Å². The van der Waals surface area contributed by atoms with Crippen molar-refractivity contribution in [1.29, 1.82) is 0 Å². The first kappa shape index (κ1) is 16.6. The van der Waals surface area contributed by atoms with Crippen LogP contribution < -0.4 is 0 Å². The Bertz CT molecular complexity index is 772. The van der Waals surface area contributed by atoms with Crippen LogP contribution >= 0.6 is 11.3 Å². The molecule has 1 fully saturated rings. The van der Waals surface area contributed by atoms with Gasteiger partial charge in [-0.25, -0.2) is 4.98 Å². The first-order valence-electron chi connectivity index (χ1n) is 7.66. The fourth-order valence-corrected chi connectivity index (χ4v) is 3.78. The maximum Gasteiger partial charge on any atom is 0.266 e. The Morgan fingerprint density at radius 1 is 1.50 bits per heavy atom. The number of aryl methyl sites for hydroxylation is 1. The minimum atomic E-state index is -0.268. The fraction of sp³-hybridized carbons (Fsp3) is 0.353. The van der Waals surface area contributed by atoms with Gasteiger partial charge in [-0.1, -0.05) is 29.4 Å². The van der Waals surface area contributed by atoms with Crippen LogP contribution in [0.25, 0.3) is 10.6 Å². The number of thiazole rings is 1. The number of carbonyl (C=O) groups is 1. The molecule has 1 N–H and O–H groups in total. The highest BCUT2D eigenvalue weighted by Gasteiger charge is 2.34. The minimum Gasteiger partial charge on any atom is -0.399 e. The standard InChI is InChI=1S/C17H19N3O3S/c1-11-5-3-4-6-14(11)16-18-8-15(24-16)17(22)20-9-12(19-23-2)7-13(20)10-21/h3-6,8,13,21H,7,9-10H2,1-2H3/b19-12+. The van der Waals surface area contributed by atoms with Gasteiger partial charge >= 0.3 is 0 Å². The number of carbonyl (C=O) groups excluding carboxylic acids is 1. The van der Waals surface area contributed by atoms with E-state index in [0.717, 1.165) is 21.8 Å². The molecule has 0 spiro atoms. The predicted octanol–water partition coefficient (Wildman–Crippen LogP) is 2.33. The lowest BCUT2D eigenvalue weighted by atomic mass is 10.1. The molecule has 1 amide bonds. The molecule has 126 valence electrons. The lowest BCUT2D eigenvalue weighted by Gasteiger charge is -2.21. The van der Waals surface area contributed by atoms with Gasteiger partial charge in [-0.3, -0.25) is 4.79 Å². The van der Waals surface area contributed by atoms with E-state index < -0.39 is 0 Å². The summed E-state index contributed by atoms with van der Waals surface area (Å²) in [6.45, 7) is 2.29. The summed E-state index contributed by atoms with van der Waals surface area (Å²) < 4.78 is 0. The Kier molecular flexibility index (Phi) is 4.92. The average molecular weight is 345 g/mol. The Balaban J connectivity index is 1.84. The quantitative estimate of drug-likeness (QED) is 0.863. The van der Waals surface area contributed by atoms with E-state index in [1.807, 2.05) is 31.2 Å². The van der Waals surface area contributed by atoms with Crippen molar-refractivity contribution in [2.45, 2.75) is 19.4 Å². The molecule has 0 saturated carbocycles. The van der Waals surface area contributed by atoms with Crippen molar-refractivity contribution in [3.8, 4) is 10.6 Å². The molecule has 2 aromatic rings. The van der Waals surface area contributed by atoms with Crippen LogP contribution in [0, 0.1) is 6.92 Å². The summed E-state index contributed by atoms with van der Waals surface area (Å²) in [6.07, 6.45) is 2.13. The van der Waals surface area contributed by atoms with Gasteiger partial charge in [0.15, 0.2) is 0 Å². The Labute approximate surface area is 144 Å². The van der Waals surface area contributed by atoms with Crippen LogP contribution in [0.15, 0.2) is 35.6 Å². The summed E-state index contributed by atoms with van der Waals surface area (Å²) in [7, 11) is 1.48. The SMILES string of the molecule is CO/N=C1\CC(CO)N(C(=O)c2cnc(-c3ccccc3C)s2)C1. The van der Waals surface area contributed by atoms with Crippen molar-refractivity contribution < 1.29 is 14.7 Å². The summed E-state index contributed by atoms with van der Waals surface area (Å²) in [5.74, 6) is -0.132. The summed E-state index contributed by atoms with van der Waals surface area (Å²) >= 11 is 1.37. The summed E-state index contributed by atoms with van der Waals surface area (Å²) in [4.78, 5) is 24.2. The molecule has 1 aromatic heterocycles. The van der Waals surface area contributed by atoms with E-state index in [4.69, 9.17) is 4.84 Å². The van der Waals surface area contributed by atoms with Gasteiger partial charge in [-0.05, 0) is 12.5 Å². The normalized spacial score (nSPS) is 19.0. The zero-order valence-corrected chi connectivity index (χ0v) is 14.4. The van der Waals surface area contributed by atoms with E-state index >= 15 is 0 Å². The van der Waals surface area contributed by atoms with Crippen LogP contribution in [-0.2, 0) is 4.84 Å². The molecule has 0 radical (unpaired) electrons. The number of hydrogen-bond acceptors (Lipinski definition) is 6. The van der Waals surface area contributed by atoms with Crippen molar-refractivity contribution in [3.63, 3.8) is 0 Å². The van der Waals surface area contributed by atoms with Gasteiger partial charge in [0.1, 0.15) is 17.0 Å². The fourth-order valence-electron chi connectivity index (χ4n) is 2.82. The lowest BCUT2D eigenvalue weighted by molar-refractivity contribution is 0.0684. The second-order valence-corrected chi connectivity index (χ2v) is 6.69. The van der Waals surface area contributed by atoms with Gasteiger partial charge in [-0.2, -0.15) is 0 Å². The number of aromatic nitrogens is 1. The zero-order valence-electron chi connectivity index (χ0n) is 13.6. The largest absolute Gasteiger partial charge is 0.399 e. The number of hydrogen-bond donors (Lipinski definition) is 1. The van der Waals surface area contributed by atoms with E-state index in [1.165, 1.54) is 18.4 Å². The molecule has 2 heterocycles. The number of aliphatic hydroxyl groups excluding tert-OH is 1. The molecule has 1 unspecified atom stereocenters. The van der Waals surface area contributed by atoms with Gasteiger partial charge in [-0.15, -0.1) is 11.3 Å². The number of benzene rings is 1. The third-order valence-corrected chi connectivity index (χ3v) is 5.07. The van der Waals surface area contributed by atoms with Gasteiger partial charge in [0.2, 0.25) is 0 Å². The van der Waals surface area contributed by atoms with Crippen LogP contribution in [-0.4, -0.2) is 52.9 Å². The highest BCUT2D eigenvalue weighted by atomic mass is 32.1. The first-order chi connectivity index (χ1) is 11.6. The van der Waals surface area contributed by atoms with E-state index in [-0.39, 0.29) is 18.6 Å². The van der Waals surface area contributed by atoms with Crippen LogP contribution in [0.5, 0.6) is 0 Å². The van der Waals surface area contributed by atoms with E-state index in [1.54, 1.807) is 11.1 Å². The molecular weight excluding hydrogens is 326 g/mol. The third-order valence-electron chi connectivity index (χ3n) is 4.05. The molecule has 1 aromatic carbocycles. The number of likely N-dealkylation sites (tertiary alicyclic amines) is 1. The number of aliphatic hydroxyl groups is 1. The van der Waals surface area contributed by atoms with Gasteiger partial charge in [0, 0.05) is 12.0 Å². The van der Waals surface area contributed by atoms with Crippen molar-refractivity contribution in [3.05, 3.63) is 40.9 Å². The van der Waals surface area contributed by atoms with E-state index in [2.05, 4.69) is 10.1 Å². The maximum atomic E-state index is 12.8. The van der Waals surface area contributed by atoms with Crippen LogP contribution in [0.2, 0.25) is 0 Å². The first-order valence-corrected chi connectivity index (χ1v) is 8.48. The molecule has 7 heteroatoms. The monoisotopic (exact) mass is 345 g/mol. The highest BCUT2D eigenvalue weighted by molar-refractivity contribution is 7.16. The smallest absolute Gasteiger partial charge is 0.266 e. The van der Waals surface area contributed by atoms with E-state index in [0.29, 0.717) is 17.8 Å². The lowest BCUT2D eigenvalue weighted by Crippen LogP contribution is -2.37. The second kappa shape index (κ2) is 7.11. The summed E-state index contributed by atoms with van der Waals surface area (Å²) in [5, 5.41) is 14.3. The molecule has 0 aliphatic carbocycles. The molecule has 24 heavy (non-hydrogen) atoms. The maximum absolute atomic E-state index is 12.8.